The van der Waals surface area contributed by atoms with Crippen LogP contribution in [0.3, 0.4) is 0 Å². The molecule has 1 aliphatic rings. The molecule has 1 unspecified atom stereocenters. The highest BCUT2D eigenvalue weighted by Gasteiger charge is 2.17. The van der Waals surface area contributed by atoms with Crippen molar-refractivity contribution in [2.45, 2.75) is 39.2 Å². The molecule has 1 fully saturated rings. The van der Waals surface area contributed by atoms with Gasteiger partial charge in [0.25, 0.3) is 0 Å². The smallest absolute Gasteiger partial charge is 0.0809 e. The second kappa shape index (κ2) is 5.69. The third-order valence-electron chi connectivity index (χ3n) is 2.80. The molecule has 0 aliphatic carbocycles. The van der Waals surface area contributed by atoms with Crippen molar-refractivity contribution in [3.8, 4) is 0 Å². The summed E-state index contributed by atoms with van der Waals surface area (Å²) in [5.74, 6) is 0. The Morgan fingerprint density at radius 3 is 2.86 bits per heavy atom. The summed E-state index contributed by atoms with van der Waals surface area (Å²) in [5.41, 5.74) is 5.84. The topological polar surface area (TPSA) is 44.5 Å². The molecule has 0 bridgehead atoms. The van der Waals surface area contributed by atoms with E-state index >= 15 is 0 Å². The van der Waals surface area contributed by atoms with Gasteiger partial charge in [0.1, 0.15) is 0 Å². The van der Waals surface area contributed by atoms with E-state index in [1.54, 1.807) is 0 Å². The van der Waals surface area contributed by atoms with Crippen molar-refractivity contribution in [2.24, 2.45) is 11.1 Å². The first-order chi connectivity index (χ1) is 6.64. The van der Waals surface area contributed by atoms with E-state index in [4.69, 9.17) is 15.2 Å². The molecule has 0 spiro atoms. The molecule has 0 amide bonds. The third-order valence-corrected chi connectivity index (χ3v) is 2.80. The summed E-state index contributed by atoms with van der Waals surface area (Å²) in [6.07, 6.45) is 3.70. The fourth-order valence-electron chi connectivity index (χ4n) is 1.44. The highest BCUT2D eigenvalue weighted by molar-refractivity contribution is 4.69. The van der Waals surface area contributed by atoms with Crippen LogP contribution in [0.2, 0.25) is 0 Å². The first-order valence-electron chi connectivity index (χ1n) is 5.53. The van der Waals surface area contributed by atoms with Crippen LogP contribution < -0.4 is 5.73 Å². The molecule has 84 valence electrons. The van der Waals surface area contributed by atoms with Crippen LogP contribution >= 0.6 is 0 Å². The molecule has 0 saturated carbocycles. The molecule has 0 radical (unpaired) electrons. The quantitative estimate of drug-likeness (QED) is 0.663. The van der Waals surface area contributed by atoms with Crippen molar-refractivity contribution in [1.82, 2.24) is 0 Å². The van der Waals surface area contributed by atoms with Gasteiger partial charge in [0, 0.05) is 13.2 Å². The van der Waals surface area contributed by atoms with E-state index in [0.29, 0.717) is 6.10 Å². The van der Waals surface area contributed by atoms with Gasteiger partial charge in [-0.25, -0.2) is 0 Å². The van der Waals surface area contributed by atoms with Crippen molar-refractivity contribution in [1.29, 1.82) is 0 Å². The van der Waals surface area contributed by atoms with Crippen molar-refractivity contribution in [3.05, 3.63) is 0 Å². The van der Waals surface area contributed by atoms with Gasteiger partial charge in [-0.3, -0.25) is 0 Å². The maximum atomic E-state index is 5.63. The molecule has 3 heteroatoms. The average molecular weight is 201 g/mol. The Labute approximate surface area is 86.9 Å². The summed E-state index contributed by atoms with van der Waals surface area (Å²) < 4.78 is 11.0. The van der Waals surface area contributed by atoms with Crippen LogP contribution in [0.5, 0.6) is 0 Å². The van der Waals surface area contributed by atoms with E-state index in [9.17, 15) is 0 Å². The average Bonchev–Trinajstić information content (AvgIpc) is 2.65. The maximum Gasteiger partial charge on any atom is 0.0809 e. The van der Waals surface area contributed by atoms with E-state index in [1.807, 2.05) is 0 Å². The van der Waals surface area contributed by atoms with Crippen LogP contribution in [0.25, 0.3) is 0 Å². The van der Waals surface area contributed by atoms with Gasteiger partial charge >= 0.3 is 0 Å². The first kappa shape index (κ1) is 12.0. The Hall–Kier alpha value is -0.120. The normalized spacial score (nSPS) is 22.9. The Kier molecular flexibility index (Phi) is 4.85. The molecule has 1 rings (SSSR count). The minimum atomic E-state index is 0.205. The second-order valence-corrected chi connectivity index (χ2v) is 4.83. The molecule has 2 N–H and O–H groups in total. The largest absolute Gasteiger partial charge is 0.379 e. The lowest BCUT2D eigenvalue weighted by atomic mass is 9.90. The Morgan fingerprint density at radius 1 is 1.50 bits per heavy atom. The summed E-state index contributed by atoms with van der Waals surface area (Å²) in [6.45, 7) is 7.51. The number of nitrogens with two attached hydrogens (primary N) is 1. The van der Waals surface area contributed by atoms with Crippen LogP contribution in [0.4, 0.5) is 0 Å². The molecule has 0 aromatic heterocycles. The van der Waals surface area contributed by atoms with E-state index in [2.05, 4.69) is 13.8 Å². The number of hydrogen-bond donors (Lipinski definition) is 1. The Balaban J connectivity index is 1.98. The van der Waals surface area contributed by atoms with Gasteiger partial charge in [-0.05, 0) is 31.2 Å². The number of hydrogen-bond acceptors (Lipinski definition) is 3. The molecule has 1 atom stereocenters. The maximum absolute atomic E-state index is 5.63. The molecule has 14 heavy (non-hydrogen) atoms. The van der Waals surface area contributed by atoms with E-state index in [-0.39, 0.29) is 5.41 Å². The van der Waals surface area contributed by atoms with Crippen molar-refractivity contribution in [3.63, 3.8) is 0 Å². The fourth-order valence-corrected chi connectivity index (χ4v) is 1.44. The third kappa shape index (κ3) is 4.40. The lowest BCUT2D eigenvalue weighted by molar-refractivity contribution is 0.00961. The van der Waals surface area contributed by atoms with Gasteiger partial charge in [0.15, 0.2) is 0 Å². The standard InChI is InChI=1S/C11H23NO2/c1-11(2,9-12)5-7-13-8-10-4-3-6-14-10/h10H,3-9,12H2,1-2H3. The predicted molar refractivity (Wildman–Crippen MR) is 57.2 cm³/mol. The summed E-state index contributed by atoms with van der Waals surface area (Å²) >= 11 is 0. The molecular weight excluding hydrogens is 178 g/mol. The Bertz CT molecular complexity index is 153. The highest BCUT2D eigenvalue weighted by Crippen LogP contribution is 2.18. The summed E-state index contributed by atoms with van der Waals surface area (Å²) in [4.78, 5) is 0. The lowest BCUT2D eigenvalue weighted by Crippen LogP contribution is -2.26. The zero-order chi connectivity index (χ0) is 10.4. The van der Waals surface area contributed by atoms with Crippen molar-refractivity contribution < 1.29 is 9.47 Å². The van der Waals surface area contributed by atoms with Crippen LogP contribution in [-0.2, 0) is 9.47 Å². The molecular formula is C11H23NO2. The molecule has 1 aliphatic heterocycles. The molecule has 1 saturated heterocycles. The lowest BCUT2D eigenvalue weighted by Gasteiger charge is -2.22. The summed E-state index contributed by atoms with van der Waals surface area (Å²) in [5, 5.41) is 0. The van der Waals surface area contributed by atoms with Gasteiger partial charge in [0.05, 0.1) is 12.7 Å². The molecule has 0 aromatic rings. The molecule has 1 heterocycles. The van der Waals surface area contributed by atoms with Gasteiger partial charge in [-0.15, -0.1) is 0 Å². The van der Waals surface area contributed by atoms with E-state index in [1.165, 1.54) is 6.42 Å². The van der Waals surface area contributed by atoms with E-state index < -0.39 is 0 Å². The van der Waals surface area contributed by atoms with Gasteiger partial charge in [-0.1, -0.05) is 13.8 Å². The highest BCUT2D eigenvalue weighted by atomic mass is 16.5. The van der Waals surface area contributed by atoms with Gasteiger partial charge in [0.2, 0.25) is 0 Å². The number of rotatable bonds is 6. The zero-order valence-corrected chi connectivity index (χ0v) is 9.42. The SMILES string of the molecule is CC(C)(CN)CCOCC1CCCO1. The monoisotopic (exact) mass is 201 g/mol. The van der Waals surface area contributed by atoms with Crippen molar-refractivity contribution in [2.75, 3.05) is 26.4 Å². The van der Waals surface area contributed by atoms with Crippen LogP contribution in [0.15, 0.2) is 0 Å². The minimum Gasteiger partial charge on any atom is -0.379 e. The van der Waals surface area contributed by atoms with Crippen LogP contribution in [0.1, 0.15) is 33.1 Å². The fraction of sp³-hybridized carbons (Fsp3) is 1.00. The number of ether oxygens (including phenoxy) is 2. The summed E-state index contributed by atoms with van der Waals surface area (Å²) in [6, 6.07) is 0. The second-order valence-electron chi connectivity index (χ2n) is 4.83. The van der Waals surface area contributed by atoms with Gasteiger partial charge < -0.3 is 15.2 Å². The van der Waals surface area contributed by atoms with Gasteiger partial charge in [-0.2, -0.15) is 0 Å². The minimum absolute atomic E-state index is 0.205. The predicted octanol–water partition coefficient (Wildman–Crippen LogP) is 1.56. The molecule has 0 aromatic carbocycles. The van der Waals surface area contributed by atoms with Crippen molar-refractivity contribution >= 4 is 0 Å². The van der Waals surface area contributed by atoms with Crippen LogP contribution in [0, 0.1) is 5.41 Å². The van der Waals surface area contributed by atoms with Crippen LogP contribution in [-0.4, -0.2) is 32.5 Å². The Morgan fingerprint density at radius 2 is 2.29 bits per heavy atom. The summed E-state index contributed by atoms with van der Waals surface area (Å²) in [7, 11) is 0. The first-order valence-corrected chi connectivity index (χ1v) is 5.53. The molecule has 3 nitrogen and oxygen atoms in total. The zero-order valence-electron chi connectivity index (χ0n) is 9.42. The van der Waals surface area contributed by atoms with E-state index in [0.717, 1.165) is 39.2 Å².